The van der Waals surface area contributed by atoms with Crippen molar-refractivity contribution < 1.29 is 23.9 Å². The van der Waals surface area contributed by atoms with Crippen LogP contribution in [0.1, 0.15) is 9.67 Å². The van der Waals surface area contributed by atoms with Crippen molar-refractivity contribution in [2.45, 2.75) is 6.10 Å². The lowest BCUT2D eigenvalue weighted by molar-refractivity contribution is -0.144. The van der Waals surface area contributed by atoms with E-state index in [1.165, 1.54) is 16.2 Å². The smallest absolute Gasteiger partial charge is 0.411 e. The molecule has 2 aliphatic heterocycles. The maximum Gasteiger partial charge on any atom is 0.411 e. The van der Waals surface area contributed by atoms with Crippen molar-refractivity contribution in [3.05, 3.63) is 21.3 Å². The zero-order valence-electron chi connectivity index (χ0n) is 12.7. The molecule has 3 rings (SSSR count). The molecule has 130 valence electrons. The Morgan fingerprint density at radius 3 is 2.92 bits per heavy atom. The number of halogens is 1. The molecule has 1 aromatic rings. The molecule has 0 spiro atoms. The Morgan fingerprint density at radius 1 is 1.38 bits per heavy atom. The zero-order valence-corrected chi connectivity index (χ0v) is 14.3. The van der Waals surface area contributed by atoms with Crippen molar-refractivity contribution in [3.8, 4) is 0 Å². The third-order valence-corrected chi connectivity index (χ3v) is 4.89. The van der Waals surface area contributed by atoms with Gasteiger partial charge in [-0.3, -0.25) is 14.5 Å². The molecule has 1 atom stereocenters. The first kappa shape index (κ1) is 17.0. The number of ether oxygens (including phenoxy) is 2. The molecule has 3 heterocycles. The lowest BCUT2D eigenvalue weighted by atomic mass is 10.3. The fourth-order valence-electron chi connectivity index (χ4n) is 2.43. The fraction of sp³-hybridized carbons (Fsp3) is 0.500. The number of carbonyl (C=O) groups is 3. The highest BCUT2D eigenvalue weighted by Crippen LogP contribution is 2.21. The number of nitrogens with zero attached hydrogens (tertiary/aromatic N) is 2. The summed E-state index contributed by atoms with van der Waals surface area (Å²) in [5.41, 5.74) is 0. The minimum absolute atomic E-state index is 0.0335. The van der Waals surface area contributed by atoms with Gasteiger partial charge in [0.1, 0.15) is 12.7 Å². The van der Waals surface area contributed by atoms with Crippen LogP contribution in [0.5, 0.6) is 0 Å². The standard InChI is InChI=1S/C14H16ClN3O5S/c15-11-2-1-10(24-11)13(20)16-5-9-6-18(14(21)23-9)8-17-3-4-22-7-12(17)19/h1-2,9H,3-8H2,(H,16,20)/t9-/m0/s1. The molecule has 8 nitrogen and oxygen atoms in total. The van der Waals surface area contributed by atoms with Gasteiger partial charge in [-0.15, -0.1) is 11.3 Å². The Hall–Kier alpha value is -1.84. The molecule has 0 radical (unpaired) electrons. The van der Waals surface area contributed by atoms with Gasteiger partial charge < -0.3 is 19.7 Å². The molecule has 2 fully saturated rings. The number of cyclic esters (lactones) is 1. The average molecular weight is 374 g/mol. The second-order valence-corrected chi connectivity index (χ2v) is 7.11. The number of nitrogens with one attached hydrogen (secondary N) is 1. The van der Waals surface area contributed by atoms with Gasteiger partial charge in [-0.05, 0) is 12.1 Å². The van der Waals surface area contributed by atoms with Crippen LogP contribution in [0.2, 0.25) is 4.34 Å². The van der Waals surface area contributed by atoms with E-state index in [2.05, 4.69) is 5.32 Å². The van der Waals surface area contributed by atoms with Gasteiger partial charge >= 0.3 is 6.09 Å². The SMILES string of the molecule is O=C(NC[C@H]1CN(CN2CCOCC2=O)C(=O)O1)c1ccc(Cl)s1. The van der Waals surface area contributed by atoms with E-state index in [9.17, 15) is 14.4 Å². The van der Waals surface area contributed by atoms with Gasteiger partial charge in [0.05, 0.1) is 35.6 Å². The summed E-state index contributed by atoms with van der Waals surface area (Å²) in [4.78, 5) is 39.0. The molecule has 1 aromatic heterocycles. The molecule has 1 N–H and O–H groups in total. The maximum atomic E-state index is 12.0. The van der Waals surface area contributed by atoms with Crippen LogP contribution in [0.25, 0.3) is 0 Å². The van der Waals surface area contributed by atoms with Crippen molar-refractivity contribution in [1.82, 2.24) is 15.1 Å². The lowest BCUT2D eigenvalue weighted by Gasteiger charge is -2.29. The van der Waals surface area contributed by atoms with Gasteiger partial charge in [0, 0.05) is 6.54 Å². The van der Waals surface area contributed by atoms with E-state index >= 15 is 0 Å². The van der Waals surface area contributed by atoms with Crippen molar-refractivity contribution in [1.29, 1.82) is 0 Å². The summed E-state index contributed by atoms with van der Waals surface area (Å²) in [6.45, 7) is 1.63. The quantitative estimate of drug-likeness (QED) is 0.823. The Balaban J connectivity index is 1.47. The second kappa shape index (κ2) is 7.37. The van der Waals surface area contributed by atoms with Gasteiger partial charge in [-0.25, -0.2) is 4.79 Å². The minimum Gasteiger partial charge on any atom is -0.442 e. The third-order valence-electron chi connectivity index (χ3n) is 3.66. The predicted molar refractivity (Wildman–Crippen MR) is 86.0 cm³/mol. The van der Waals surface area contributed by atoms with Crippen molar-refractivity contribution in [2.24, 2.45) is 0 Å². The molecule has 2 aliphatic rings. The van der Waals surface area contributed by atoms with Crippen molar-refractivity contribution in [3.63, 3.8) is 0 Å². The maximum absolute atomic E-state index is 12.0. The Morgan fingerprint density at radius 2 is 2.21 bits per heavy atom. The summed E-state index contributed by atoms with van der Waals surface area (Å²) in [5, 5.41) is 2.72. The fourth-order valence-corrected chi connectivity index (χ4v) is 3.39. The number of carbonyl (C=O) groups excluding carboxylic acids is 3. The van der Waals surface area contributed by atoms with Crippen LogP contribution in [-0.4, -0.2) is 73.3 Å². The zero-order chi connectivity index (χ0) is 17.1. The van der Waals surface area contributed by atoms with E-state index in [1.54, 1.807) is 17.0 Å². The predicted octanol–water partition coefficient (Wildman–Crippen LogP) is 0.768. The number of hydrogen-bond acceptors (Lipinski definition) is 6. The highest BCUT2D eigenvalue weighted by Gasteiger charge is 2.34. The van der Waals surface area contributed by atoms with Gasteiger partial charge in [-0.2, -0.15) is 0 Å². The molecular weight excluding hydrogens is 358 g/mol. The first-order valence-electron chi connectivity index (χ1n) is 7.37. The molecule has 3 amide bonds. The number of rotatable bonds is 5. The van der Waals surface area contributed by atoms with Crippen LogP contribution in [0, 0.1) is 0 Å². The van der Waals surface area contributed by atoms with E-state index in [1.807, 2.05) is 0 Å². The summed E-state index contributed by atoms with van der Waals surface area (Å²) in [6.07, 6.45) is -0.944. The number of morpholine rings is 1. The van der Waals surface area contributed by atoms with Gasteiger partial charge in [0.2, 0.25) is 5.91 Å². The first-order chi connectivity index (χ1) is 11.5. The van der Waals surface area contributed by atoms with Crippen LogP contribution >= 0.6 is 22.9 Å². The second-order valence-electron chi connectivity index (χ2n) is 5.39. The van der Waals surface area contributed by atoms with E-state index in [0.717, 1.165) is 0 Å². The number of hydrogen-bond donors (Lipinski definition) is 1. The molecule has 0 bridgehead atoms. The number of thiophene rings is 1. The van der Waals surface area contributed by atoms with E-state index < -0.39 is 12.2 Å². The molecular formula is C14H16ClN3O5S. The van der Waals surface area contributed by atoms with Gasteiger partial charge in [0.15, 0.2) is 0 Å². The molecule has 2 saturated heterocycles. The topological polar surface area (TPSA) is 88.2 Å². The molecule has 0 aliphatic carbocycles. The van der Waals surface area contributed by atoms with Gasteiger partial charge in [0.25, 0.3) is 5.91 Å². The monoisotopic (exact) mass is 373 g/mol. The molecule has 24 heavy (non-hydrogen) atoms. The Kier molecular flexibility index (Phi) is 5.22. The third kappa shape index (κ3) is 3.97. The highest BCUT2D eigenvalue weighted by atomic mass is 35.5. The van der Waals surface area contributed by atoms with Crippen molar-refractivity contribution in [2.75, 3.05) is 39.5 Å². The minimum atomic E-state index is -0.493. The van der Waals surface area contributed by atoms with Crippen LogP contribution in [0.3, 0.4) is 0 Å². The van der Waals surface area contributed by atoms with Crippen LogP contribution in [-0.2, 0) is 14.3 Å². The Bertz CT molecular complexity index is 652. The lowest BCUT2D eigenvalue weighted by Crippen LogP contribution is -2.48. The first-order valence-corrected chi connectivity index (χ1v) is 8.57. The van der Waals surface area contributed by atoms with Gasteiger partial charge in [-0.1, -0.05) is 11.6 Å². The van der Waals surface area contributed by atoms with E-state index in [-0.39, 0.29) is 31.6 Å². The largest absolute Gasteiger partial charge is 0.442 e. The molecule has 10 heteroatoms. The molecule has 0 aromatic carbocycles. The van der Waals surface area contributed by atoms with E-state index in [4.69, 9.17) is 21.1 Å². The van der Waals surface area contributed by atoms with Crippen molar-refractivity contribution >= 4 is 40.8 Å². The van der Waals surface area contributed by atoms with E-state index in [0.29, 0.717) is 28.9 Å². The summed E-state index contributed by atoms with van der Waals surface area (Å²) in [7, 11) is 0. The summed E-state index contributed by atoms with van der Waals surface area (Å²) >= 11 is 6.98. The number of amides is 3. The van der Waals surface area contributed by atoms with Crippen LogP contribution in [0.4, 0.5) is 4.79 Å². The van der Waals surface area contributed by atoms with Crippen LogP contribution < -0.4 is 5.32 Å². The highest BCUT2D eigenvalue weighted by molar-refractivity contribution is 7.17. The summed E-state index contributed by atoms with van der Waals surface area (Å²) < 4.78 is 10.8. The summed E-state index contributed by atoms with van der Waals surface area (Å²) in [6, 6.07) is 3.29. The molecule has 0 unspecified atom stereocenters. The Labute approximate surface area is 147 Å². The normalized spacial score (nSPS) is 21.1. The average Bonchev–Trinajstić information content (AvgIpc) is 3.14. The van der Waals surface area contributed by atoms with Crippen LogP contribution in [0.15, 0.2) is 12.1 Å². The summed E-state index contributed by atoms with van der Waals surface area (Å²) in [5.74, 6) is -0.412. The molecule has 0 saturated carbocycles.